The third-order valence-electron chi connectivity index (χ3n) is 3.46. The van der Waals surface area contributed by atoms with Gasteiger partial charge in [-0.15, -0.1) is 23.2 Å². The highest BCUT2D eigenvalue weighted by atomic mass is 35.5. The second-order valence-corrected chi connectivity index (χ2v) is 5.72. The second-order valence-electron chi connectivity index (χ2n) is 4.80. The monoisotopic (exact) mass is 330 g/mol. The molecule has 0 spiro atoms. The molecule has 2 aromatic rings. The van der Waals surface area contributed by atoms with Gasteiger partial charge in [-0.25, -0.2) is 4.39 Å². The second kappa shape index (κ2) is 6.80. The number of hydrogen-bond donors (Lipinski definition) is 0. The molecule has 0 saturated heterocycles. The minimum Gasteiger partial charge on any atom is -0.205 e. The minimum absolute atomic E-state index is 0.142. The maximum Gasteiger partial charge on any atom is 0.142 e. The van der Waals surface area contributed by atoms with E-state index in [4.69, 9.17) is 34.8 Å². The molecular formula is C16H14Cl3F. The smallest absolute Gasteiger partial charge is 0.142 e. The Labute approximate surface area is 133 Å². The highest BCUT2D eigenvalue weighted by Crippen LogP contribution is 2.34. The molecule has 106 valence electrons. The third-order valence-corrected chi connectivity index (χ3v) is 4.90. The van der Waals surface area contributed by atoms with Crippen LogP contribution >= 0.6 is 34.8 Å². The molecule has 0 aromatic heterocycles. The van der Waals surface area contributed by atoms with Gasteiger partial charge in [0.25, 0.3) is 0 Å². The summed E-state index contributed by atoms with van der Waals surface area (Å²) in [5.41, 5.74) is 1.30. The van der Waals surface area contributed by atoms with Crippen LogP contribution < -0.4 is 0 Å². The van der Waals surface area contributed by atoms with Gasteiger partial charge in [-0.1, -0.05) is 54.1 Å². The van der Waals surface area contributed by atoms with E-state index in [2.05, 4.69) is 0 Å². The number of alkyl halides is 2. The zero-order chi connectivity index (χ0) is 14.6. The van der Waals surface area contributed by atoms with Gasteiger partial charge in [0.2, 0.25) is 0 Å². The van der Waals surface area contributed by atoms with Crippen LogP contribution in [0.5, 0.6) is 0 Å². The molecule has 4 heteroatoms. The summed E-state index contributed by atoms with van der Waals surface area (Å²) >= 11 is 18.4. The Hall–Kier alpha value is -0.760. The summed E-state index contributed by atoms with van der Waals surface area (Å²) in [6.07, 6.45) is 0.501. The predicted octanol–water partition coefficient (Wildman–Crippen LogP) is 5.44. The van der Waals surface area contributed by atoms with E-state index in [-0.39, 0.29) is 5.02 Å². The van der Waals surface area contributed by atoms with Gasteiger partial charge in [0, 0.05) is 17.2 Å². The normalized spacial score (nSPS) is 11.6. The van der Waals surface area contributed by atoms with Crippen molar-refractivity contribution in [1.82, 2.24) is 0 Å². The first-order valence-electron chi connectivity index (χ1n) is 6.23. The number of rotatable bonds is 5. The average Bonchev–Trinajstić information content (AvgIpc) is 2.50. The molecule has 0 heterocycles. The summed E-state index contributed by atoms with van der Waals surface area (Å²) in [7, 11) is 0. The first kappa shape index (κ1) is 15.6. The number of hydrogen-bond acceptors (Lipinski definition) is 0. The summed E-state index contributed by atoms with van der Waals surface area (Å²) < 4.78 is 13.6. The summed E-state index contributed by atoms with van der Waals surface area (Å²) in [5.74, 6) is 0.260. The molecular weight excluding hydrogens is 318 g/mol. The molecule has 0 aliphatic heterocycles. The molecule has 0 bridgehead atoms. The van der Waals surface area contributed by atoms with Gasteiger partial charge in [-0.05, 0) is 23.6 Å². The van der Waals surface area contributed by atoms with Crippen molar-refractivity contribution in [3.63, 3.8) is 0 Å². The molecule has 0 aliphatic rings. The molecule has 0 nitrogen and oxygen atoms in total. The van der Waals surface area contributed by atoms with Crippen molar-refractivity contribution in [2.75, 3.05) is 11.8 Å². The van der Waals surface area contributed by atoms with Crippen LogP contribution in [0.2, 0.25) is 5.02 Å². The SMILES string of the molecule is Fc1cccc(CC(CCl)(CCl)c2ccccc2)c1Cl. The highest BCUT2D eigenvalue weighted by Gasteiger charge is 2.31. The average molecular weight is 332 g/mol. The highest BCUT2D eigenvalue weighted by molar-refractivity contribution is 6.31. The Bertz CT molecular complexity index is 565. The van der Waals surface area contributed by atoms with Crippen LogP contribution in [-0.4, -0.2) is 11.8 Å². The molecule has 0 saturated carbocycles. The molecule has 0 radical (unpaired) electrons. The van der Waals surface area contributed by atoms with E-state index in [1.807, 2.05) is 36.4 Å². The van der Waals surface area contributed by atoms with E-state index < -0.39 is 11.2 Å². The van der Waals surface area contributed by atoms with Crippen molar-refractivity contribution in [3.05, 3.63) is 70.5 Å². The fourth-order valence-electron chi connectivity index (χ4n) is 2.23. The Morgan fingerprint density at radius 2 is 1.55 bits per heavy atom. The lowest BCUT2D eigenvalue weighted by atomic mass is 9.78. The van der Waals surface area contributed by atoms with Crippen LogP contribution in [0.4, 0.5) is 4.39 Å². The zero-order valence-electron chi connectivity index (χ0n) is 10.8. The lowest BCUT2D eigenvalue weighted by Crippen LogP contribution is -2.33. The van der Waals surface area contributed by atoms with Gasteiger partial charge >= 0.3 is 0 Å². The zero-order valence-corrected chi connectivity index (χ0v) is 13.0. The Morgan fingerprint density at radius 1 is 0.900 bits per heavy atom. The molecule has 2 aromatic carbocycles. The van der Waals surface area contributed by atoms with Crippen molar-refractivity contribution in [2.45, 2.75) is 11.8 Å². The fourth-order valence-corrected chi connectivity index (χ4v) is 3.20. The van der Waals surface area contributed by atoms with Gasteiger partial charge < -0.3 is 0 Å². The van der Waals surface area contributed by atoms with E-state index in [1.54, 1.807) is 6.07 Å². The number of halogens is 4. The van der Waals surface area contributed by atoms with Crippen molar-refractivity contribution >= 4 is 34.8 Å². The van der Waals surface area contributed by atoms with Crippen LogP contribution in [0.15, 0.2) is 48.5 Å². The lowest BCUT2D eigenvalue weighted by molar-refractivity contribution is 0.533. The fraction of sp³-hybridized carbons (Fsp3) is 0.250. The number of benzene rings is 2. The summed E-state index contributed by atoms with van der Waals surface area (Å²) in [4.78, 5) is 0. The van der Waals surface area contributed by atoms with Crippen molar-refractivity contribution in [1.29, 1.82) is 0 Å². The third kappa shape index (κ3) is 3.11. The maximum atomic E-state index is 13.6. The van der Waals surface area contributed by atoms with Gasteiger partial charge in [-0.2, -0.15) is 0 Å². The van der Waals surface area contributed by atoms with Crippen LogP contribution in [0, 0.1) is 5.82 Å². The molecule has 0 amide bonds. The van der Waals surface area contributed by atoms with Gasteiger partial charge in [0.05, 0.1) is 5.02 Å². The molecule has 0 fully saturated rings. The van der Waals surface area contributed by atoms with Gasteiger partial charge in [-0.3, -0.25) is 0 Å². The first-order valence-corrected chi connectivity index (χ1v) is 7.68. The lowest BCUT2D eigenvalue weighted by Gasteiger charge is -2.30. The molecule has 0 unspecified atom stereocenters. The standard InChI is InChI=1S/C16H14Cl3F/c17-10-16(11-18,13-6-2-1-3-7-13)9-12-5-4-8-14(20)15(12)19/h1-8H,9-11H2. The van der Waals surface area contributed by atoms with E-state index in [0.717, 1.165) is 11.1 Å². The topological polar surface area (TPSA) is 0 Å². The van der Waals surface area contributed by atoms with E-state index in [0.29, 0.717) is 18.2 Å². The Morgan fingerprint density at radius 3 is 2.15 bits per heavy atom. The molecule has 2 rings (SSSR count). The first-order chi connectivity index (χ1) is 9.63. The van der Waals surface area contributed by atoms with Crippen LogP contribution in [0.3, 0.4) is 0 Å². The van der Waals surface area contributed by atoms with Crippen LogP contribution in [0.1, 0.15) is 11.1 Å². The predicted molar refractivity (Wildman–Crippen MR) is 84.7 cm³/mol. The van der Waals surface area contributed by atoms with Crippen LogP contribution in [0.25, 0.3) is 0 Å². The largest absolute Gasteiger partial charge is 0.205 e. The minimum atomic E-state index is -0.457. The van der Waals surface area contributed by atoms with Crippen LogP contribution in [-0.2, 0) is 11.8 Å². The summed E-state index contributed by atoms with van der Waals surface area (Å²) in [5, 5.41) is 0.142. The molecule has 0 aliphatic carbocycles. The Balaban J connectivity index is 2.42. The quantitative estimate of drug-likeness (QED) is 0.640. The molecule has 20 heavy (non-hydrogen) atoms. The molecule has 0 atom stereocenters. The van der Waals surface area contributed by atoms with Crippen molar-refractivity contribution < 1.29 is 4.39 Å². The van der Waals surface area contributed by atoms with Gasteiger partial charge in [0.15, 0.2) is 0 Å². The van der Waals surface area contributed by atoms with E-state index in [1.165, 1.54) is 6.07 Å². The van der Waals surface area contributed by atoms with E-state index >= 15 is 0 Å². The summed E-state index contributed by atoms with van der Waals surface area (Å²) in [6.45, 7) is 0. The summed E-state index contributed by atoms with van der Waals surface area (Å²) in [6, 6.07) is 14.6. The van der Waals surface area contributed by atoms with Crippen molar-refractivity contribution in [3.8, 4) is 0 Å². The Kier molecular flexibility index (Phi) is 5.31. The van der Waals surface area contributed by atoms with Crippen molar-refractivity contribution in [2.24, 2.45) is 0 Å². The maximum absolute atomic E-state index is 13.6. The molecule has 0 N–H and O–H groups in total. The van der Waals surface area contributed by atoms with E-state index in [9.17, 15) is 4.39 Å². The van der Waals surface area contributed by atoms with Gasteiger partial charge in [0.1, 0.15) is 5.82 Å².